The number of aliphatic hydroxyl groups excluding tert-OH is 1. The normalized spacial score (nSPS) is 21.8. The van der Waals surface area contributed by atoms with E-state index in [1.54, 1.807) is 33.8 Å². The van der Waals surface area contributed by atoms with Crippen LogP contribution in [-0.2, 0) is 19.1 Å². The Hall–Kier alpha value is -2.26. The molecule has 1 heterocycles. The lowest BCUT2D eigenvalue weighted by Gasteiger charge is -2.27. The highest BCUT2D eigenvalue weighted by atomic mass is 16.6. The highest BCUT2D eigenvalue weighted by Gasteiger charge is 2.42. The third-order valence-corrected chi connectivity index (χ3v) is 4.50. The number of aliphatic hydroxyl groups is 1. The fourth-order valence-corrected chi connectivity index (χ4v) is 3.12. The van der Waals surface area contributed by atoms with Gasteiger partial charge in [0.25, 0.3) is 5.91 Å². The van der Waals surface area contributed by atoms with Gasteiger partial charge >= 0.3 is 12.1 Å². The Morgan fingerprint density at radius 2 is 1.97 bits per heavy atom. The first-order chi connectivity index (χ1) is 13.9. The average Bonchev–Trinajstić information content (AvgIpc) is 3.02. The zero-order valence-corrected chi connectivity index (χ0v) is 18.5. The Morgan fingerprint density at radius 1 is 1.33 bits per heavy atom. The number of likely N-dealkylation sites (tertiary alicyclic amines) is 1. The van der Waals surface area contributed by atoms with E-state index in [2.05, 4.69) is 11.6 Å². The number of aliphatic carboxylic acids is 1. The highest BCUT2D eigenvalue weighted by Crippen LogP contribution is 2.21. The van der Waals surface area contributed by atoms with E-state index >= 15 is 0 Å². The molecule has 0 saturated carbocycles. The second-order valence-electron chi connectivity index (χ2n) is 8.39. The molecule has 9 heteroatoms. The molecule has 0 spiro atoms. The number of nitrogens with zero attached hydrogens (tertiary/aromatic N) is 2. The van der Waals surface area contributed by atoms with Gasteiger partial charge in [-0.3, -0.25) is 4.79 Å². The van der Waals surface area contributed by atoms with Gasteiger partial charge in [0.05, 0.1) is 12.2 Å². The number of aliphatic imine (C=N–C) groups is 1. The van der Waals surface area contributed by atoms with Crippen LogP contribution in [0.5, 0.6) is 0 Å². The number of ether oxygens (including phenoxy) is 2. The molecule has 0 aliphatic carbocycles. The first kappa shape index (κ1) is 25.8. The molecule has 2 amide bonds. The van der Waals surface area contributed by atoms with Crippen LogP contribution >= 0.6 is 0 Å². The first-order valence-corrected chi connectivity index (χ1v) is 10.2. The van der Waals surface area contributed by atoms with Gasteiger partial charge in [-0.25, -0.2) is 9.59 Å². The van der Waals surface area contributed by atoms with Gasteiger partial charge in [0.2, 0.25) is 0 Å². The predicted molar refractivity (Wildman–Crippen MR) is 111 cm³/mol. The lowest BCUT2D eigenvalue weighted by molar-refractivity contribution is -0.146. The molecular weight excluding hydrogens is 392 g/mol. The van der Waals surface area contributed by atoms with Gasteiger partial charge in [-0.2, -0.15) is 4.99 Å². The summed E-state index contributed by atoms with van der Waals surface area (Å²) in [6, 6.07) is -1.20. The van der Waals surface area contributed by atoms with Gasteiger partial charge in [-0.15, -0.1) is 6.58 Å². The van der Waals surface area contributed by atoms with Crippen molar-refractivity contribution in [2.45, 2.75) is 90.3 Å². The minimum atomic E-state index is -1.23. The van der Waals surface area contributed by atoms with E-state index in [0.29, 0.717) is 19.3 Å². The lowest BCUT2D eigenvalue weighted by Crippen LogP contribution is -2.48. The molecule has 4 unspecified atom stereocenters. The Balaban J connectivity index is 3.24. The van der Waals surface area contributed by atoms with E-state index in [1.165, 1.54) is 0 Å². The zero-order valence-electron chi connectivity index (χ0n) is 18.5. The molecular formula is C21H34N2O7. The summed E-state index contributed by atoms with van der Waals surface area (Å²) in [6.07, 6.45) is 0.362. The van der Waals surface area contributed by atoms with Crippen LogP contribution in [0.4, 0.5) is 4.79 Å². The van der Waals surface area contributed by atoms with E-state index in [-0.39, 0.29) is 24.8 Å². The Labute approximate surface area is 177 Å². The molecule has 170 valence electrons. The number of β-amino-alcohol motifs (C(OH)–C–C–N with tert-alkyl or cyclic N) is 1. The maximum atomic E-state index is 13.2. The number of rotatable bonds is 9. The van der Waals surface area contributed by atoms with Gasteiger partial charge in [-0.1, -0.05) is 13.0 Å². The summed E-state index contributed by atoms with van der Waals surface area (Å²) in [5, 5.41) is 19.3. The van der Waals surface area contributed by atoms with Crippen LogP contribution in [-0.4, -0.2) is 75.3 Å². The van der Waals surface area contributed by atoms with Crippen molar-refractivity contribution in [3.63, 3.8) is 0 Å². The van der Waals surface area contributed by atoms with E-state index in [4.69, 9.17) is 9.47 Å². The maximum absolute atomic E-state index is 13.2. The van der Waals surface area contributed by atoms with E-state index in [1.807, 2.05) is 6.92 Å². The standard InChI is InChI=1S/C21H34N2O7/c1-7-9-10-13(3)29-16(8-2)17(22-20(28)30-21(4,5)6)18(25)23-12-14(24)11-15(23)19(26)27/h7,13-16,24H,1,8-12H2,2-6H3,(H,26,27). The van der Waals surface area contributed by atoms with Gasteiger partial charge in [-0.05, 0) is 47.0 Å². The molecule has 1 saturated heterocycles. The minimum Gasteiger partial charge on any atom is -0.480 e. The molecule has 1 rings (SSSR count). The topological polar surface area (TPSA) is 126 Å². The minimum absolute atomic E-state index is 0.0891. The molecule has 0 aromatic heterocycles. The van der Waals surface area contributed by atoms with Crippen LogP contribution in [0.1, 0.15) is 60.3 Å². The molecule has 1 fully saturated rings. The largest absolute Gasteiger partial charge is 0.480 e. The number of carboxylic acid groups (broad SMARTS) is 1. The third kappa shape index (κ3) is 7.87. The van der Waals surface area contributed by atoms with Crippen LogP contribution in [0.25, 0.3) is 0 Å². The highest BCUT2D eigenvalue weighted by molar-refractivity contribution is 6.42. The summed E-state index contributed by atoms with van der Waals surface area (Å²) >= 11 is 0. The van der Waals surface area contributed by atoms with Crippen LogP contribution in [0.15, 0.2) is 17.6 Å². The quantitative estimate of drug-likeness (QED) is 0.429. The molecule has 1 aliphatic heterocycles. The Kier molecular flexibility index (Phi) is 9.64. The number of hydrogen-bond acceptors (Lipinski definition) is 6. The average molecular weight is 427 g/mol. The maximum Gasteiger partial charge on any atom is 0.434 e. The number of hydrogen-bond donors (Lipinski definition) is 2. The van der Waals surface area contributed by atoms with E-state index in [0.717, 1.165) is 4.90 Å². The SMILES string of the molecule is C=CCCC(C)OC(CC)C(=NC(=O)OC(C)(C)C)C(=O)N1CC(O)CC1C(=O)O. The van der Waals surface area contributed by atoms with Crippen molar-refractivity contribution < 1.29 is 34.1 Å². The Bertz CT molecular complexity index is 669. The van der Waals surface area contributed by atoms with Gasteiger partial charge in [0, 0.05) is 13.0 Å². The van der Waals surface area contributed by atoms with Crippen LogP contribution < -0.4 is 0 Å². The van der Waals surface area contributed by atoms with Crippen molar-refractivity contribution >= 4 is 23.7 Å². The zero-order chi connectivity index (χ0) is 23.1. The van der Waals surface area contributed by atoms with E-state index in [9.17, 15) is 24.6 Å². The molecule has 4 atom stereocenters. The molecule has 0 radical (unpaired) electrons. The molecule has 30 heavy (non-hydrogen) atoms. The van der Waals surface area contributed by atoms with Crippen LogP contribution in [0.3, 0.4) is 0 Å². The summed E-state index contributed by atoms with van der Waals surface area (Å²) in [6.45, 7) is 12.1. The molecule has 9 nitrogen and oxygen atoms in total. The summed E-state index contributed by atoms with van der Waals surface area (Å²) in [5.74, 6) is -1.99. The summed E-state index contributed by atoms with van der Waals surface area (Å²) in [5.41, 5.74) is -1.04. The number of carbonyl (C=O) groups excluding carboxylic acids is 2. The van der Waals surface area contributed by atoms with Crippen LogP contribution in [0, 0.1) is 0 Å². The van der Waals surface area contributed by atoms with Crippen molar-refractivity contribution in [3.8, 4) is 0 Å². The van der Waals surface area contributed by atoms with Crippen molar-refractivity contribution in [2.75, 3.05) is 6.54 Å². The fourth-order valence-electron chi connectivity index (χ4n) is 3.12. The van der Waals surface area contributed by atoms with Crippen LogP contribution in [0.2, 0.25) is 0 Å². The molecule has 0 bridgehead atoms. The summed E-state index contributed by atoms with van der Waals surface area (Å²) in [7, 11) is 0. The number of allylic oxidation sites excluding steroid dienone is 1. The summed E-state index contributed by atoms with van der Waals surface area (Å²) < 4.78 is 11.2. The lowest BCUT2D eigenvalue weighted by atomic mass is 10.1. The first-order valence-electron chi connectivity index (χ1n) is 10.2. The molecule has 0 aromatic rings. The number of amides is 2. The molecule has 1 aliphatic rings. The van der Waals surface area contributed by atoms with Crippen molar-refractivity contribution in [3.05, 3.63) is 12.7 Å². The monoisotopic (exact) mass is 426 g/mol. The second-order valence-corrected chi connectivity index (χ2v) is 8.39. The van der Waals surface area contributed by atoms with Crippen molar-refractivity contribution in [1.82, 2.24) is 4.90 Å². The third-order valence-electron chi connectivity index (χ3n) is 4.50. The second kappa shape index (κ2) is 11.2. The Morgan fingerprint density at radius 3 is 2.47 bits per heavy atom. The molecule has 2 N–H and O–H groups in total. The summed E-state index contributed by atoms with van der Waals surface area (Å²) in [4.78, 5) is 42.0. The fraction of sp³-hybridized carbons (Fsp3) is 0.714. The predicted octanol–water partition coefficient (Wildman–Crippen LogP) is 2.56. The van der Waals surface area contributed by atoms with Gasteiger partial charge in [0.15, 0.2) is 0 Å². The van der Waals surface area contributed by atoms with Crippen molar-refractivity contribution in [2.24, 2.45) is 4.99 Å². The van der Waals surface area contributed by atoms with Gasteiger partial charge in [0.1, 0.15) is 23.5 Å². The van der Waals surface area contributed by atoms with Gasteiger partial charge < -0.3 is 24.6 Å². The molecule has 0 aromatic carbocycles. The number of carbonyl (C=O) groups is 3. The van der Waals surface area contributed by atoms with Crippen molar-refractivity contribution in [1.29, 1.82) is 0 Å². The smallest absolute Gasteiger partial charge is 0.434 e. The number of carboxylic acids is 1. The van der Waals surface area contributed by atoms with E-state index < -0.39 is 41.8 Å².